The summed E-state index contributed by atoms with van der Waals surface area (Å²) in [6, 6.07) is 11.2. The van der Waals surface area contributed by atoms with Gasteiger partial charge in [-0.2, -0.15) is 13.2 Å². The molecule has 3 aromatic rings. The molecule has 2 amide bonds. The number of amides is 2. The Morgan fingerprint density at radius 1 is 0.892 bits per heavy atom. The first-order valence-corrected chi connectivity index (χ1v) is 11.8. The average Bonchev–Trinajstić information content (AvgIpc) is 2.80. The van der Waals surface area contributed by atoms with E-state index in [2.05, 4.69) is 15.3 Å². The van der Waals surface area contributed by atoms with Crippen molar-refractivity contribution < 1.29 is 22.8 Å². The fourth-order valence-corrected chi connectivity index (χ4v) is 3.73. The molecule has 2 heterocycles. The van der Waals surface area contributed by atoms with Crippen LogP contribution in [0.15, 0.2) is 67.1 Å². The SMILES string of the molecule is CC(C)(C)NC(=O)C(c1cccnc1)N(C(=O)c1ccc(C(F)(F)F)nc1)c1ccc(C(C)(C)C)cc1. The van der Waals surface area contributed by atoms with Crippen molar-refractivity contribution in [3.8, 4) is 0 Å². The van der Waals surface area contributed by atoms with Gasteiger partial charge in [-0.1, -0.05) is 39.0 Å². The summed E-state index contributed by atoms with van der Waals surface area (Å²) in [6.07, 6.45) is -0.730. The fourth-order valence-electron chi connectivity index (χ4n) is 3.73. The molecule has 0 saturated heterocycles. The lowest BCUT2D eigenvalue weighted by molar-refractivity contribution is -0.141. The number of nitrogens with one attached hydrogen (secondary N) is 1. The van der Waals surface area contributed by atoms with Gasteiger partial charge in [0.2, 0.25) is 5.91 Å². The Morgan fingerprint density at radius 2 is 1.54 bits per heavy atom. The molecule has 0 aliphatic heterocycles. The van der Waals surface area contributed by atoms with E-state index in [4.69, 9.17) is 0 Å². The summed E-state index contributed by atoms with van der Waals surface area (Å²) in [5, 5.41) is 2.91. The lowest BCUT2D eigenvalue weighted by atomic mass is 9.87. The van der Waals surface area contributed by atoms with Crippen LogP contribution in [0.5, 0.6) is 0 Å². The van der Waals surface area contributed by atoms with Gasteiger partial charge in [0.1, 0.15) is 11.7 Å². The lowest BCUT2D eigenvalue weighted by Gasteiger charge is -2.34. The molecular formula is C28H31F3N4O2. The summed E-state index contributed by atoms with van der Waals surface area (Å²) >= 11 is 0. The van der Waals surface area contributed by atoms with Gasteiger partial charge in [-0.05, 0) is 62.1 Å². The van der Waals surface area contributed by atoms with Crippen molar-refractivity contribution in [3.63, 3.8) is 0 Å². The first kappa shape index (κ1) is 27.8. The summed E-state index contributed by atoms with van der Waals surface area (Å²) in [4.78, 5) is 36.3. The van der Waals surface area contributed by atoms with Gasteiger partial charge in [0.05, 0.1) is 5.56 Å². The smallest absolute Gasteiger partial charge is 0.349 e. The maximum absolute atomic E-state index is 13.9. The Morgan fingerprint density at radius 3 is 2.00 bits per heavy atom. The van der Waals surface area contributed by atoms with Gasteiger partial charge in [0, 0.05) is 35.4 Å². The van der Waals surface area contributed by atoms with Gasteiger partial charge in [0.25, 0.3) is 5.91 Å². The Balaban J connectivity index is 2.18. The number of hydrogen-bond donors (Lipinski definition) is 1. The second-order valence-electron chi connectivity index (χ2n) is 10.8. The van der Waals surface area contributed by atoms with Gasteiger partial charge >= 0.3 is 6.18 Å². The predicted octanol–water partition coefficient (Wildman–Crippen LogP) is 6.10. The highest BCUT2D eigenvalue weighted by Crippen LogP contribution is 2.33. The summed E-state index contributed by atoms with van der Waals surface area (Å²) < 4.78 is 39.2. The first-order chi connectivity index (χ1) is 17.1. The van der Waals surface area contributed by atoms with Crippen molar-refractivity contribution in [2.24, 2.45) is 0 Å². The van der Waals surface area contributed by atoms with Crippen molar-refractivity contribution in [1.29, 1.82) is 0 Å². The molecule has 0 spiro atoms. The first-order valence-electron chi connectivity index (χ1n) is 11.8. The van der Waals surface area contributed by atoms with Crippen LogP contribution < -0.4 is 10.2 Å². The van der Waals surface area contributed by atoms with Gasteiger partial charge in [-0.15, -0.1) is 0 Å². The van der Waals surface area contributed by atoms with E-state index < -0.39 is 35.3 Å². The molecule has 1 atom stereocenters. The molecule has 37 heavy (non-hydrogen) atoms. The third-order valence-electron chi connectivity index (χ3n) is 5.54. The average molecular weight is 513 g/mol. The van der Waals surface area contributed by atoms with Gasteiger partial charge in [-0.3, -0.25) is 24.5 Å². The molecule has 1 aromatic carbocycles. The molecule has 2 aromatic heterocycles. The van der Waals surface area contributed by atoms with Crippen LogP contribution in [0, 0.1) is 0 Å². The molecule has 0 aliphatic rings. The number of aromatic nitrogens is 2. The van der Waals surface area contributed by atoms with Gasteiger partial charge < -0.3 is 5.32 Å². The van der Waals surface area contributed by atoms with Crippen LogP contribution in [0.3, 0.4) is 0 Å². The van der Waals surface area contributed by atoms with E-state index in [1.165, 1.54) is 11.1 Å². The fraction of sp³-hybridized carbons (Fsp3) is 0.357. The standard InChI is InChI=1S/C28H31F3N4O2/c1-26(2,3)20-10-12-21(13-11-20)35(25(37)19-9-14-22(33-17-19)28(29,30)31)23(18-8-7-15-32-16-18)24(36)34-27(4,5)6/h7-17,23H,1-6H3,(H,34,36). The number of halogens is 3. The highest BCUT2D eigenvalue weighted by Gasteiger charge is 2.36. The van der Waals surface area contributed by atoms with Crippen molar-refractivity contribution in [3.05, 3.63) is 89.5 Å². The number of hydrogen-bond acceptors (Lipinski definition) is 4. The van der Waals surface area contributed by atoms with E-state index in [0.717, 1.165) is 23.9 Å². The quantitative estimate of drug-likeness (QED) is 0.449. The van der Waals surface area contributed by atoms with Gasteiger partial charge in [0.15, 0.2) is 0 Å². The van der Waals surface area contributed by atoms with E-state index >= 15 is 0 Å². The number of nitrogens with zero attached hydrogens (tertiary/aromatic N) is 3. The zero-order valence-electron chi connectivity index (χ0n) is 21.7. The molecule has 196 valence electrons. The molecular weight excluding hydrogens is 481 g/mol. The largest absolute Gasteiger partial charge is 0.433 e. The number of anilines is 1. The molecule has 1 unspecified atom stereocenters. The summed E-state index contributed by atoms with van der Waals surface area (Å²) in [5.74, 6) is -1.14. The normalized spacial score (nSPS) is 13.1. The molecule has 9 heteroatoms. The van der Waals surface area contributed by atoms with E-state index in [1.807, 2.05) is 53.7 Å². The minimum atomic E-state index is -4.64. The third kappa shape index (κ3) is 6.93. The number of benzene rings is 1. The highest BCUT2D eigenvalue weighted by molar-refractivity contribution is 6.10. The van der Waals surface area contributed by atoms with E-state index in [1.54, 1.807) is 30.5 Å². The maximum Gasteiger partial charge on any atom is 0.433 e. The molecule has 1 N–H and O–H groups in total. The minimum absolute atomic E-state index is 0.0923. The number of carbonyl (C=O) groups is 2. The van der Waals surface area contributed by atoms with E-state index in [-0.39, 0.29) is 11.0 Å². The molecule has 0 radical (unpaired) electrons. The number of rotatable bonds is 5. The van der Waals surface area contributed by atoms with E-state index in [0.29, 0.717) is 11.3 Å². The summed E-state index contributed by atoms with van der Waals surface area (Å²) in [7, 11) is 0. The number of alkyl halides is 3. The second-order valence-corrected chi connectivity index (χ2v) is 10.8. The van der Waals surface area contributed by atoms with Crippen molar-refractivity contribution in [2.45, 2.75) is 64.7 Å². The van der Waals surface area contributed by atoms with Crippen LogP contribution in [-0.2, 0) is 16.4 Å². The monoisotopic (exact) mass is 512 g/mol. The zero-order valence-corrected chi connectivity index (χ0v) is 21.7. The van der Waals surface area contributed by atoms with Crippen LogP contribution in [-0.4, -0.2) is 27.3 Å². The zero-order chi connectivity index (χ0) is 27.6. The van der Waals surface area contributed by atoms with Crippen molar-refractivity contribution >= 4 is 17.5 Å². The Bertz CT molecular complexity index is 1230. The van der Waals surface area contributed by atoms with Crippen molar-refractivity contribution in [2.75, 3.05) is 4.90 Å². The molecule has 0 bridgehead atoms. The maximum atomic E-state index is 13.9. The lowest BCUT2D eigenvalue weighted by Crippen LogP contribution is -2.49. The van der Waals surface area contributed by atoms with Crippen LogP contribution in [0.2, 0.25) is 0 Å². The number of carbonyl (C=O) groups excluding carboxylic acids is 2. The Hall–Kier alpha value is -3.75. The third-order valence-corrected chi connectivity index (χ3v) is 5.54. The molecule has 0 saturated carbocycles. The highest BCUT2D eigenvalue weighted by atomic mass is 19.4. The van der Waals surface area contributed by atoms with Crippen LogP contribution in [0.4, 0.5) is 18.9 Å². The molecule has 6 nitrogen and oxygen atoms in total. The molecule has 3 rings (SSSR count). The second kappa shape index (κ2) is 10.3. The summed E-state index contributed by atoms with van der Waals surface area (Å²) in [6.45, 7) is 11.6. The van der Waals surface area contributed by atoms with Gasteiger partial charge in [-0.25, -0.2) is 0 Å². The van der Waals surface area contributed by atoms with Crippen LogP contribution >= 0.6 is 0 Å². The number of pyridine rings is 2. The minimum Gasteiger partial charge on any atom is -0.349 e. The Labute approximate surface area is 214 Å². The van der Waals surface area contributed by atoms with E-state index in [9.17, 15) is 22.8 Å². The topological polar surface area (TPSA) is 75.2 Å². The molecule has 0 fully saturated rings. The summed E-state index contributed by atoms with van der Waals surface area (Å²) in [5.41, 5.74) is -0.120. The predicted molar refractivity (Wildman–Crippen MR) is 136 cm³/mol. The molecule has 0 aliphatic carbocycles. The Kier molecular flexibility index (Phi) is 7.76. The van der Waals surface area contributed by atoms with Crippen molar-refractivity contribution in [1.82, 2.24) is 15.3 Å². The van der Waals surface area contributed by atoms with Crippen LogP contribution in [0.25, 0.3) is 0 Å². The van der Waals surface area contributed by atoms with Crippen LogP contribution in [0.1, 0.15) is 74.8 Å².